The summed E-state index contributed by atoms with van der Waals surface area (Å²) in [5.74, 6) is 1.08. The second-order valence-corrected chi connectivity index (χ2v) is 7.95. The Labute approximate surface area is 170 Å². The smallest absolute Gasteiger partial charge is 0.129 e. The Morgan fingerprint density at radius 1 is 0.862 bits per heavy atom. The summed E-state index contributed by atoms with van der Waals surface area (Å²) in [7, 11) is 0. The maximum absolute atomic E-state index is 5.01. The minimum absolute atomic E-state index is 0.938. The average molecular weight is 381 g/mol. The predicted molar refractivity (Wildman–Crippen MR) is 116 cm³/mol. The standard InChI is InChI=1S/C24H23N5/c1-2-9-19-17(8-1)18(16-22(26-19)28-13-5-6-14-28)23-21-11-7-15-29(21)27-24(23)20-10-3-4-12-25-20/h1-4,8-10,12,16H,5-7,11,13-15H2. The maximum atomic E-state index is 5.01. The molecule has 3 aromatic heterocycles. The first kappa shape index (κ1) is 16.7. The van der Waals surface area contributed by atoms with Crippen LogP contribution in [-0.2, 0) is 13.0 Å². The predicted octanol–water partition coefficient (Wildman–Crippen LogP) is 4.71. The maximum Gasteiger partial charge on any atom is 0.129 e. The lowest BCUT2D eigenvalue weighted by Gasteiger charge is -2.19. The van der Waals surface area contributed by atoms with Crippen molar-refractivity contribution in [1.29, 1.82) is 0 Å². The number of benzene rings is 1. The number of hydrogen-bond acceptors (Lipinski definition) is 4. The van der Waals surface area contributed by atoms with Crippen molar-refractivity contribution in [2.75, 3.05) is 18.0 Å². The fourth-order valence-electron chi connectivity index (χ4n) is 4.77. The lowest BCUT2D eigenvalue weighted by Crippen LogP contribution is -2.19. The van der Waals surface area contributed by atoms with Gasteiger partial charge in [-0.25, -0.2) is 4.98 Å². The molecule has 5 nitrogen and oxygen atoms in total. The topological polar surface area (TPSA) is 46.8 Å². The van der Waals surface area contributed by atoms with E-state index in [9.17, 15) is 0 Å². The van der Waals surface area contributed by atoms with E-state index in [1.165, 1.54) is 35.0 Å². The quantitative estimate of drug-likeness (QED) is 0.516. The molecule has 5 heteroatoms. The van der Waals surface area contributed by atoms with E-state index < -0.39 is 0 Å². The molecule has 0 N–H and O–H groups in total. The van der Waals surface area contributed by atoms with Crippen LogP contribution in [0.5, 0.6) is 0 Å². The Balaban J connectivity index is 1.64. The second kappa shape index (κ2) is 6.69. The molecule has 0 saturated carbocycles. The molecular formula is C24H23N5. The van der Waals surface area contributed by atoms with Crippen molar-refractivity contribution in [3.8, 4) is 22.5 Å². The number of hydrogen-bond donors (Lipinski definition) is 0. The molecule has 144 valence electrons. The SMILES string of the molecule is c1ccc(-c2nn3c(c2-c2cc(N4CCCC4)nc4ccccc24)CCC3)nc1. The third-order valence-electron chi connectivity index (χ3n) is 6.15. The molecule has 1 saturated heterocycles. The summed E-state index contributed by atoms with van der Waals surface area (Å²) in [5, 5.41) is 6.18. The highest BCUT2D eigenvalue weighted by Gasteiger charge is 2.26. The molecule has 0 aliphatic carbocycles. The van der Waals surface area contributed by atoms with Crippen LogP contribution < -0.4 is 4.90 Å². The van der Waals surface area contributed by atoms with Crippen LogP contribution in [0.3, 0.4) is 0 Å². The molecule has 29 heavy (non-hydrogen) atoms. The van der Waals surface area contributed by atoms with Gasteiger partial charge in [-0.3, -0.25) is 9.67 Å². The molecular weight excluding hydrogens is 358 g/mol. The van der Waals surface area contributed by atoms with E-state index in [0.717, 1.165) is 55.2 Å². The normalized spacial score (nSPS) is 15.9. The molecule has 0 atom stereocenters. The van der Waals surface area contributed by atoms with Crippen molar-refractivity contribution in [3.63, 3.8) is 0 Å². The van der Waals surface area contributed by atoms with Crippen LogP contribution in [0.1, 0.15) is 25.0 Å². The van der Waals surface area contributed by atoms with Crippen LogP contribution in [0.15, 0.2) is 54.7 Å². The molecule has 1 fully saturated rings. The van der Waals surface area contributed by atoms with E-state index in [4.69, 9.17) is 10.1 Å². The van der Waals surface area contributed by atoms with Crippen molar-refractivity contribution >= 4 is 16.7 Å². The van der Waals surface area contributed by atoms with Gasteiger partial charge in [-0.15, -0.1) is 0 Å². The van der Waals surface area contributed by atoms with Crippen molar-refractivity contribution in [1.82, 2.24) is 19.7 Å². The van der Waals surface area contributed by atoms with Crippen LogP contribution >= 0.6 is 0 Å². The highest BCUT2D eigenvalue weighted by atomic mass is 15.3. The van der Waals surface area contributed by atoms with Crippen LogP contribution in [0.4, 0.5) is 5.82 Å². The average Bonchev–Trinajstić information content (AvgIpc) is 3.51. The lowest BCUT2D eigenvalue weighted by atomic mass is 9.96. The zero-order valence-corrected chi connectivity index (χ0v) is 16.4. The molecule has 0 unspecified atom stereocenters. The molecule has 0 bridgehead atoms. The number of fused-ring (bicyclic) bond motifs is 2. The van der Waals surface area contributed by atoms with Crippen LogP contribution in [-0.4, -0.2) is 32.8 Å². The van der Waals surface area contributed by atoms with Crippen LogP contribution in [0.25, 0.3) is 33.4 Å². The van der Waals surface area contributed by atoms with Crippen LogP contribution in [0, 0.1) is 0 Å². The van der Waals surface area contributed by atoms with E-state index in [2.05, 4.69) is 51.0 Å². The van der Waals surface area contributed by atoms with E-state index in [0.29, 0.717) is 0 Å². The number of rotatable bonds is 3. The van der Waals surface area contributed by atoms with Gasteiger partial charge in [0.25, 0.3) is 0 Å². The van der Waals surface area contributed by atoms with Crippen molar-refractivity contribution < 1.29 is 0 Å². The monoisotopic (exact) mass is 381 g/mol. The summed E-state index contributed by atoms with van der Waals surface area (Å²) in [6, 6.07) is 16.8. The Kier molecular flexibility index (Phi) is 3.86. The molecule has 6 rings (SSSR count). The lowest BCUT2D eigenvalue weighted by molar-refractivity contribution is 0.658. The van der Waals surface area contributed by atoms with Gasteiger partial charge in [-0.2, -0.15) is 5.10 Å². The summed E-state index contributed by atoms with van der Waals surface area (Å²) in [4.78, 5) is 12.0. The molecule has 0 radical (unpaired) electrons. The molecule has 0 spiro atoms. The van der Waals surface area contributed by atoms with Crippen molar-refractivity contribution in [2.45, 2.75) is 32.2 Å². The van der Waals surface area contributed by atoms with E-state index in [1.807, 2.05) is 18.3 Å². The summed E-state index contributed by atoms with van der Waals surface area (Å²) in [5.41, 5.74) is 6.78. The number of nitrogens with zero attached hydrogens (tertiary/aromatic N) is 5. The molecule has 1 aromatic carbocycles. The third kappa shape index (κ3) is 2.72. The summed E-state index contributed by atoms with van der Waals surface area (Å²) < 4.78 is 2.18. The molecule has 4 aromatic rings. The first-order valence-corrected chi connectivity index (χ1v) is 10.5. The number of aryl methyl sites for hydroxylation is 1. The Hall–Kier alpha value is -3.21. The largest absolute Gasteiger partial charge is 0.357 e. The van der Waals surface area contributed by atoms with Gasteiger partial charge in [0, 0.05) is 42.5 Å². The second-order valence-electron chi connectivity index (χ2n) is 7.95. The number of anilines is 1. The first-order valence-electron chi connectivity index (χ1n) is 10.5. The Bertz CT molecular complexity index is 1190. The van der Waals surface area contributed by atoms with Crippen molar-refractivity contribution in [2.24, 2.45) is 0 Å². The molecule has 2 aliphatic rings. The number of aromatic nitrogens is 4. The van der Waals surface area contributed by atoms with E-state index >= 15 is 0 Å². The minimum Gasteiger partial charge on any atom is -0.357 e. The first-order chi connectivity index (χ1) is 14.4. The Morgan fingerprint density at radius 2 is 1.72 bits per heavy atom. The van der Waals surface area contributed by atoms with E-state index in [-0.39, 0.29) is 0 Å². The minimum atomic E-state index is 0.938. The fourth-order valence-corrected chi connectivity index (χ4v) is 4.77. The number of para-hydroxylation sites is 1. The zero-order chi connectivity index (χ0) is 19.2. The van der Waals surface area contributed by atoms with Crippen molar-refractivity contribution in [3.05, 3.63) is 60.4 Å². The number of pyridine rings is 2. The van der Waals surface area contributed by atoms with Gasteiger partial charge in [0.1, 0.15) is 11.5 Å². The van der Waals surface area contributed by atoms with Gasteiger partial charge < -0.3 is 4.90 Å². The van der Waals surface area contributed by atoms with Gasteiger partial charge in [-0.1, -0.05) is 24.3 Å². The Morgan fingerprint density at radius 3 is 2.59 bits per heavy atom. The zero-order valence-electron chi connectivity index (χ0n) is 16.4. The van der Waals surface area contributed by atoms with E-state index in [1.54, 1.807) is 0 Å². The summed E-state index contributed by atoms with van der Waals surface area (Å²) >= 11 is 0. The molecule has 5 heterocycles. The highest BCUT2D eigenvalue weighted by Crippen LogP contribution is 2.41. The summed E-state index contributed by atoms with van der Waals surface area (Å²) in [6.07, 6.45) is 6.55. The molecule has 2 aliphatic heterocycles. The van der Waals surface area contributed by atoms with Gasteiger partial charge >= 0.3 is 0 Å². The van der Waals surface area contributed by atoms with Crippen LogP contribution in [0.2, 0.25) is 0 Å². The van der Waals surface area contributed by atoms with Gasteiger partial charge in [0.15, 0.2) is 0 Å². The third-order valence-corrected chi connectivity index (χ3v) is 6.15. The highest BCUT2D eigenvalue weighted by molar-refractivity contribution is 6.00. The molecule has 0 amide bonds. The van der Waals surface area contributed by atoms with Gasteiger partial charge in [0.2, 0.25) is 0 Å². The van der Waals surface area contributed by atoms with Gasteiger partial charge in [-0.05, 0) is 55.5 Å². The van der Waals surface area contributed by atoms with Gasteiger partial charge in [0.05, 0.1) is 11.2 Å². The fraction of sp³-hybridized carbons (Fsp3) is 0.292. The summed E-state index contributed by atoms with van der Waals surface area (Å²) in [6.45, 7) is 3.16.